The summed E-state index contributed by atoms with van der Waals surface area (Å²) < 4.78 is 0. The number of hydrogen-bond donors (Lipinski definition) is 3. The monoisotopic (exact) mass is 262 g/mol. The largest absolute Gasteiger partial charge is 0.385 e. The fourth-order valence-corrected chi connectivity index (χ4v) is 2.07. The van der Waals surface area contributed by atoms with E-state index in [0.29, 0.717) is 25.1 Å². The molecule has 0 spiro atoms. The molecule has 0 aliphatic carbocycles. The Morgan fingerprint density at radius 3 is 3.16 bits per heavy atom. The Morgan fingerprint density at radius 2 is 2.42 bits per heavy atom. The number of hydrogen-bond acceptors (Lipinski definition) is 4. The van der Waals surface area contributed by atoms with Crippen LogP contribution in [0, 0.1) is 0 Å². The predicted molar refractivity (Wildman–Crippen MR) is 71.9 cm³/mol. The Labute approximate surface area is 112 Å². The molecule has 0 radical (unpaired) electrons. The third-order valence-electron chi connectivity index (χ3n) is 3.02. The van der Waals surface area contributed by atoms with Gasteiger partial charge in [0, 0.05) is 25.5 Å². The molecule has 3 N–H and O–H groups in total. The van der Waals surface area contributed by atoms with Gasteiger partial charge < -0.3 is 16.0 Å². The molecule has 2 heterocycles. The van der Waals surface area contributed by atoms with Gasteiger partial charge in [-0.25, -0.2) is 0 Å². The van der Waals surface area contributed by atoms with Gasteiger partial charge in [0.2, 0.25) is 5.91 Å². The molecule has 19 heavy (non-hydrogen) atoms. The van der Waals surface area contributed by atoms with Crippen LogP contribution in [-0.4, -0.2) is 35.9 Å². The minimum absolute atomic E-state index is 0.117. The number of aromatic nitrogens is 1. The lowest BCUT2D eigenvalue weighted by molar-refractivity contribution is -0.124. The summed E-state index contributed by atoms with van der Waals surface area (Å²) in [4.78, 5) is 27.8. The first-order valence-corrected chi connectivity index (χ1v) is 6.49. The number of amides is 2. The van der Waals surface area contributed by atoms with E-state index in [1.807, 2.05) is 6.92 Å². The fourth-order valence-electron chi connectivity index (χ4n) is 2.07. The molecule has 2 rings (SSSR count). The second-order valence-corrected chi connectivity index (χ2v) is 4.41. The molecular weight excluding hydrogens is 244 g/mol. The average molecular weight is 262 g/mol. The van der Waals surface area contributed by atoms with Gasteiger partial charge in [-0.2, -0.15) is 0 Å². The highest BCUT2D eigenvalue weighted by atomic mass is 16.2. The summed E-state index contributed by atoms with van der Waals surface area (Å²) in [5, 5.41) is 8.60. The van der Waals surface area contributed by atoms with Crippen molar-refractivity contribution in [1.82, 2.24) is 15.6 Å². The maximum atomic E-state index is 12.2. The van der Waals surface area contributed by atoms with E-state index >= 15 is 0 Å². The van der Waals surface area contributed by atoms with E-state index in [4.69, 9.17) is 0 Å². The summed E-state index contributed by atoms with van der Waals surface area (Å²) in [7, 11) is 0. The van der Waals surface area contributed by atoms with Crippen LogP contribution in [0.2, 0.25) is 0 Å². The van der Waals surface area contributed by atoms with Crippen molar-refractivity contribution in [1.29, 1.82) is 0 Å². The molecule has 1 saturated heterocycles. The molecule has 2 amide bonds. The van der Waals surface area contributed by atoms with Gasteiger partial charge in [-0.1, -0.05) is 0 Å². The normalized spacial score (nSPS) is 18.6. The van der Waals surface area contributed by atoms with Crippen molar-refractivity contribution < 1.29 is 9.59 Å². The highest BCUT2D eigenvalue weighted by Crippen LogP contribution is 2.14. The van der Waals surface area contributed by atoms with Crippen LogP contribution in [0.15, 0.2) is 18.5 Å². The molecule has 1 aromatic rings. The topological polar surface area (TPSA) is 83.1 Å². The average Bonchev–Trinajstić information content (AvgIpc) is 2.42. The molecule has 6 nitrogen and oxygen atoms in total. The Morgan fingerprint density at radius 1 is 1.58 bits per heavy atom. The van der Waals surface area contributed by atoms with E-state index in [2.05, 4.69) is 20.9 Å². The van der Waals surface area contributed by atoms with Gasteiger partial charge in [0.15, 0.2) is 0 Å². The van der Waals surface area contributed by atoms with Crippen LogP contribution < -0.4 is 16.0 Å². The van der Waals surface area contributed by atoms with Crippen LogP contribution in [0.3, 0.4) is 0 Å². The van der Waals surface area contributed by atoms with Crippen LogP contribution in [0.4, 0.5) is 5.69 Å². The zero-order valence-corrected chi connectivity index (χ0v) is 10.9. The number of carbonyl (C=O) groups excluding carboxylic acids is 2. The van der Waals surface area contributed by atoms with Crippen molar-refractivity contribution >= 4 is 17.5 Å². The van der Waals surface area contributed by atoms with Crippen molar-refractivity contribution in [2.45, 2.75) is 25.8 Å². The molecule has 102 valence electrons. The first kappa shape index (κ1) is 13.3. The van der Waals surface area contributed by atoms with Crippen molar-refractivity contribution in [3.8, 4) is 0 Å². The third-order valence-corrected chi connectivity index (χ3v) is 3.02. The minimum atomic E-state index is -0.448. The highest BCUT2D eigenvalue weighted by molar-refractivity contribution is 6.01. The maximum Gasteiger partial charge on any atom is 0.255 e. The molecule has 6 heteroatoms. The fraction of sp³-hybridized carbons (Fsp3) is 0.462. The van der Waals surface area contributed by atoms with Gasteiger partial charge in [0.1, 0.15) is 6.04 Å². The van der Waals surface area contributed by atoms with E-state index < -0.39 is 6.04 Å². The molecule has 1 aliphatic heterocycles. The second kappa shape index (κ2) is 6.17. The minimum Gasteiger partial charge on any atom is -0.385 e. The number of pyridine rings is 1. The van der Waals surface area contributed by atoms with Crippen molar-refractivity contribution in [3.05, 3.63) is 24.0 Å². The summed E-state index contributed by atoms with van der Waals surface area (Å²) in [6.07, 6.45) is 4.69. The molecule has 1 atom stereocenters. The number of nitrogens with zero attached hydrogens (tertiary/aromatic N) is 1. The molecule has 0 aromatic carbocycles. The Balaban J connectivity index is 2.09. The number of rotatable bonds is 4. The van der Waals surface area contributed by atoms with Crippen LogP contribution in [-0.2, 0) is 4.79 Å². The van der Waals surface area contributed by atoms with Crippen molar-refractivity contribution in [2.75, 3.05) is 18.4 Å². The lowest BCUT2D eigenvalue weighted by atomic mass is 10.1. The van der Waals surface area contributed by atoms with Gasteiger partial charge in [0.25, 0.3) is 5.91 Å². The van der Waals surface area contributed by atoms with E-state index in [9.17, 15) is 9.59 Å². The first-order chi connectivity index (χ1) is 9.22. The number of nitrogens with one attached hydrogen (secondary N) is 3. The summed E-state index contributed by atoms with van der Waals surface area (Å²) >= 11 is 0. The molecule has 0 bridgehead atoms. The Kier molecular flexibility index (Phi) is 4.33. The van der Waals surface area contributed by atoms with Crippen LogP contribution >= 0.6 is 0 Å². The second-order valence-electron chi connectivity index (χ2n) is 4.41. The van der Waals surface area contributed by atoms with Crippen molar-refractivity contribution in [3.63, 3.8) is 0 Å². The quantitative estimate of drug-likeness (QED) is 0.739. The first-order valence-electron chi connectivity index (χ1n) is 6.49. The van der Waals surface area contributed by atoms with Gasteiger partial charge >= 0.3 is 0 Å². The van der Waals surface area contributed by atoms with Crippen LogP contribution in [0.25, 0.3) is 0 Å². The lowest BCUT2D eigenvalue weighted by Gasteiger charge is -2.23. The predicted octanol–water partition coefficient (Wildman–Crippen LogP) is 0.522. The summed E-state index contributed by atoms with van der Waals surface area (Å²) in [5.74, 6) is -0.389. The third kappa shape index (κ3) is 3.21. The van der Waals surface area contributed by atoms with E-state index in [1.54, 1.807) is 12.3 Å². The lowest BCUT2D eigenvalue weighted by Crippen LogP contribution is -2.50. The molecule has 1 aliphatic rings. The summed E-state index contributed by atoms with van der Waals surface area (Å²) in [6, 6.07) is 1.30. The zero-order valence-electron chi connectivity index (χ0n) is 10.9. The number of anilines is 1. The van der Waals surface area contributed by atoms with Gasteiger partial charge in [0.05, 0.1) is 11.3 Å². The SMILES string of the molecule is CCNc1ccncc1C(=O)NC1CCCNC1=O. The van der Waals surface area contributed by atoms with Gasteiger partial charge in [-0.3, -0.25) is 14.6 Å². The van der Waals surface area contributed by atoms with Gasteiger partial charge in [-0.15, -0.1) is 0 Å². The zero-order chi connectivity index (χ0) is 13.7. The molecule has 1 unspecified atom stereocenters. The summed E-state index contributed by atoms with van der Waals surface area (Å²) in [5.41, 5.74) is 1.19. The Bertz CT molecular complexity index is 475. The molecule has 1 fully saturated rings. The van der Waals surface area contributed by atoms with Crippen LogP contribution in [0.5, 0.6) is 0 Å². The highest BCUT2D eigenvalue weighted by Gasteiger charge is 2.24. The molecule has 1 aromatic heterocycles. The van der Waals surface area contributed by atoms with E-state index in [1.165, 1.54) is 6.20 Å². The van der Waals surface area contributed by atoms with Crippen molar-refractivity contribution in [2.24, 2.45) is 0 Å². The number of carbonyl (C=O) groups is 2. The van der Waals surface area contributed by atoms with Crippen LogP contribution in [0.1, 0.15) is 30.1 Å². The van der Waals surface area contributed by atoms with Gasteiger partial charge in [-0.05, 0) is 25.8 Å². The number of piperidine rings is 1. The Hall–Kier alpha value is -2.11. The molecular formula is C13H18N4O2. The maximum absolute atomic E-state index is 12.2. The summed E-state index contributed by atoms with van der Waals surface area (Å²) in [6.45, 7) is 3.35. The standard InChI is InChI=1S/C13H18N4O2/c1-2-15-10-5-7-14-8-9(10)12(18)17-11-4-3-6-16-13(11)19/h5,7-8,11H,2-4,6H2,1H3,(H,14,15)(H,16,19)(H,17,18). The van der Waals surface area contributed by atoms with E-state index in [-0.39, 0.29) is 11.8 Å². The van der Waals surface area contributed by atoms with E-state index in [0.717, 1.165) is 12.1 Å². The smallest absolute Gasteiger partial charge is 0.255 e. The molecule has 0 saturated carbocycles.